The molecule has 4 nitrogen and oxygen atoms in total. The summed E-state index contributed by atoms with van der Waals surface area (Å²) in [6.07, 6.45) is 7.86. The van der Waals surface area contributed by atoms with Crippen LogP contribution in [-0.2, 0) is 9.53 Å². The first kappa shape index (κ1) is 16.2. The van der Waals surface area contributed by atoms with Gasteiger partial charge in [0.2, 0.25) is 0 Å². The molecule has 118 valence electrons. The molecule has 1 heterocycles. The van der Waals surface area contributed by atoms with Crippen LogP contribution in [-0.4, -0.2) is 34.5 Å². The van der Waals surface area contributed by atoms with Gasteiger partial charge in [-0.3, -0.25) is 0 Å². The molecular weight excluding hydrogens is 268 g/mol. The highest BCUT2D eigenvalue weighted by molar-refractivity contribution is 5.82. The van der Waals surface area contributed by atoms with Crippen LogP contribution in [0.15, 0.2) is 23.8 Å². The molecule has 0 aromatic carbocycles. The summed E-state index contributed by atoms with van der Waals surface area (Å²) in [7, 11) is 0. The fourth-order valence-electron chi connectivity index (χ4n) is 3.45. The lowest BCUT2D eigenvalue weighted by Gasteiger charge is -2.23. The van der Waals surface area contributed by atoms with E-state index in [0.717, 1.165) is 19.3 Å². The van der Waals surface area contributed by atoms with Crippen molar-refractivity contribution in [2.24, 2.45) is 11.8 Å². The fourth-order valence-corrected chi connectivity index (χ4v) is 3.45. The maximum atomic E-state index is 11.7. The number of aliphatic hydroxyl groups is 2. The first-order valence-electron chi connectivity index (χ1n) is 7.89. The molecule has 2 rings (SSSR count). The Kier molecular flexibility index (Phi) is 5.59. The molecule has 0 aromatic heterocycles. The Labute approximate surface area is 126 Å². The standard InChI is InChI=1S/C17H26O4/c1-11-5-3-4-6-12(2)21-17(20)8-7-16(19)15-10-13(18)9-14(11)15/h5,7-8,12-16,18-19H,3-4,6,9-10H2,1-2H3/b8-7-,11-5-. The van der Waals surface area contributed by atoms with E-state index >= 15 is 0 Å². The van der Waals surface area contributed by atoms with Gasteiger partial charge in [0.05, 0.1) is 18.3 Å². The average molecular weight is 294 g/mol. The van der Waals surface area contributed by atoms with Crippen LogP contribution in [0.3, 0.4) is 0 Å². The van der Waals surface area contributed by atoms with Gasteiger partial charge < -0.3 is 14.9 Å². The van der Waals surface area contributed by atoms with Gasteiger partial charge in [0.1, 0.15) is 0 Å². The van der Waals surface area contributed by atoms with Crippen molar-refractivity contribution in [3.05, 3.63) is 23.8 Å². The normalized spacial score (nSPS) is 42.6. The Morgan fingerprint density at radius 1 is 1.29 bits per heavy atom. The number of fused-ring (bicyclic) bond motifs is 1. The Morgan fingerprint density at radius 3 is 2.81 bits per heavy atom. The smallest absolute Gasteiger partial charge is 0.330 e. The number of esters is 1. The van der Waals surface area contributed by atoms with Gasteiger partial charge in [-0.15, -0.1) is 0 Å². The topological polar surface area (TPSA) is 66.8 Å². The van der Waals surface area contributed by atoms with Gasteiger partial charge in [0.15, 0.2) is 0 Å². The molecule has 2 N–H and O–H groups in total. The van der Waals surface area contributed by atoms with Crippen LogP contribution in [0.2, 0.25) is 0 Å². The van der Waals surface area contributed by atoms with Crippen molar-refractivity contribution in [2.75, 3.05) is 0 Å². The van der Waals surface area contributed by atoms with Gasteiger partial charge in [0.25, 0.3) is 0 Å². The minimum absolute atomic E-state index is 0.0292. The summed E-state index contributed by atoms with van der Waals surface area (Å²) < 4.78 is 5.26. The molecule has 1 aliphatic heterocycles. The van der Waals surface area contributed by atoms with Crippen molar-refractivity contribution in [1.82, 2.24) is 0 Å². The summed E-state index contributed by atoms with van der Waals surface area (Å²) in [4.78, 5) is 11.7. The summed E-state index contributed by atoms with van der Waals surface area (Å²) in [6.45, 7) is 3.97. The highest BCUT2D eigenvalue weighted by Gasteiger charge is 2.37. The van der Waals surface area contributed by atoms with Crippen molar-refractivity contribution in [1.29, 1.82) is 0 Å². The van der Waals surface area contributed by atoms with Crippen molar-refractivity contribution in [3.8, 4) is 0 Å². The number of carbonyl (C=O) groups excluding carboxylic acids is 1. The molecule has 0 bridgehead atoms. The molecule has 21 heavy (non-hydrogen) atoms. The lowest BCUT2D eigenvalue weighted by atomic mass is 9.85. The SMILES string of the molecule is C/C1=C/CCCC(C)OC(=O)/C=C\C(O)C2CC(O)CC12. The molecule has 0 amide bonds. The third-order valence-electron chi connectivity index (χ3n) is 4.64. The molecule has 4 heteroatoms. The van der Waals surface area contributed by atoms with Gasteiger partial charge >= 0.3 is 5.97 Å². The Hall–Kier alpha value is -1.13. The van der Waals surface area contributed by atoms with Crippen molar-refractivity contribution >= 4 is 5.97 Å². The van der Waals surface area contributed by atoms with E-state index in [1.165, 1.54) is 17.7 Å². The summed E-state index contributed by atoms with van der Waals surface area (Å²) >= 11 is 0. The number of ether oxygens (including phenoxy) is 1. The number of cyclic esters (lactones) is 1. The van der Waals surface area contributed by atoms with Crippen LogP contribution in [0.5, 0.6) is 0 Å². The Morgan fingerprint density at radius 2 is 2.05 bits per heavy atom. The molecule has 2 aliphatic rings. The lowest BCUT2D eigenvalue weighted by molar-refractivity contribution is -0.142. The quantitative estimate of drug-likeness (QED) is 0.531. The van der Waals surface area contributed by atoms with Gasteiger partial charge in [-0.05, 0) is 63.9 Å². The molecule has 0 spiro atoms. The zero-order chi connectivity index (χ0) is 15.4. The molecule has 0 radical (unpaired) electrons. The van der Waals surface area contributed by atoms with Crippen LogP contribution >= 0.6 is 0 Å². The lowest BCUT2D eigenvalue weighted by Crippen LogP contribution is -2.23. The maximum Gasteiger partial charge on any atom is 0.330 e. The zero-order valence-electron chi connectivity index (χ0n) is 12.9. The van der Waals surface area contributed by atoms with Gasteiger partial charge in [-0.1, -0.05) is 11.6 Å². The minimum Gasteiger partial charge on any atom is -0.460 e. The van der Waals surface area contributed by atoms with Crippen LogP contribution in [0, 0.1) is 11.8 Å². The number of carbonyl (C=O) groups is 1. The van der Waals surface area contributed by atoms with Crippen molar-refractivity contribution in [3.63, 3.8) is 0 Å². The number of rotatable bonds is 0. The van der Waals surface area contributed by atoms with Crippen LogP contribution < -0.4 is 0 Å². The summed E-state index contributed by atoms with van der Waals surface area (Å²) in [6, 6.07) is 0. The first-order valence-corrected chi connectivity index (χ1v) is 7.89. The average Bonchev–Trinajstić information content (AvgIpc) is 2.82. The fraction of sp³-hybridized carbons (Fsp3) is 0.706. The molecular formula is C17H26O4. The maximum absolute atomic E-state index is 11.7. The third-order valence-corrected chi connectivity index (χ3v) is 4.64. The van der Waals surface area contributed by atoms with E-state index in [4.69, 9.17) is 4.74 Å². The second-order valence-corrected chi connectivity index (χ2v) is 6.37. The number of hydrogen-bond donors (Lipinski definition) is 2. The number of allylic oxidation sites excluding steroid dienone is 2. The molecule has 1 aliphatic carbocycles. The van der Waals surface area contributed by atoms with E-state index in [2.05, 4.69) is 13.0 Å². The predicted octanol–water partition coefficient (Wildman–Crippen LogP) is 2.35. The van der Waals surface area contributed by atoms with Crippen LogP contribution in [0.1, 0.15) is 46.0 Å². The third kappa shape index (κ3) is 4.42. The van der Waals surface area contributed by atoms with E-state index < -0.39 is 12.1 Å². The second-order valence-electron chi connectivity index (χ2n) is 6.37. The molecule has 5 unspecified atom stereocenters. The first-order chi connectivity index (χ1) is 9.97. The summed E-state index contributed by atoms with van der Waals surface area (Å²) in [5.41, 5.74) is 1.24. The van der Waals surface area contributed by atoms with E-state index in [-0.39, 0.29) is 24.0 Å². The molecule has 1 saturated carbocycles. The number of hydrogen-bond acceptors (Lipinski definition) is 4. The minimum atomic E-state index is -0.723. The van der Waals surface area contributed by atoms with E-state index in [1.807, 2.05) is 6.92 Å². The van der Waals surface area contributed by atoms with Gasteiger partial charge in [-0.2, -0.15) is 0 Å². The molecule has 1 fully saturated rings. The Bertz CT molecular complexity index is 427. The van der Waals surface area contributed by atoms with Gasteiger partial charge in [0, 0.05) is 6.08 Å². The predicted molar refractivity (Wildman–Crippen MR) is 80.5 cm³/mol. The van der Waals surface area contributed by atoms with Crippen molar-refractivity contribution < 1.29 is 19.7 Å². The summed E-state index contributed by atoms with van der Waals surface area (Å²) in [5.74, 6) is -0.243. The Balaban J connectivity index is 2.19. The molecule has 5 atom stereocenters. The molecule has 0 saturated heterocycles. The largest absolute Gasteiger partial charge is 0.460 e. The second kappa shape index (κ2) is 7.23. The molecule has 0 aromatic rings. The highest BCUT2D eigenvalue weighted by Crippen LogP contribution is 2.39. The zero-order valence-corrected chi connectivity index (χ0v) is 12.9. The van der Waals surface area contributed by atoms with Crippen LogP contribution in [0.4, 0.5) is 0 Å². The number of aliphatic hydroxyl groups excluding tert-OH is 2. The van der Waals surface area contributed by atoms with Gasteiger partial charge in [-0.25, -0.2) is 4.79 Å². The monoisotopic (exact) mass is 294 g/mol. The highest BCUT2D eigenvalue weighted by atomic mass is 16.5. The van der Waals surface area contributed by atoms with Crippen molar-refractivity contribution in [2.45, 2.75) is 64.3 Å². The van der Waals surface area contributed by atoms with E-state index in [9.17, 15) is 15.0 Å². The van der Waals surface area contributed by atoms with Crippen LogP contribution in [0.25, 0.3) is 0 Å². The van der Waals surface area contributed by atoms with E-state index in [1.54, 1.807) is 0 Å². The summed E-state index contributed by atoms with van der Waals surface area (Å²) in [5, 5.41) is 20.2. The van der Waals surface area contributed by atoms with E-state index in [0.29, 0.717) is 12.8 Å².